The molecule has 1 N–H and O–H groups in total. The molecule has 0 atom stereocenters. The van der Waals surface area contributed by atoms with Gasteiger partial charge < -0.3 is 5.32 Å². The van der Waals surface area contributed by atoms with Crippen LogP contribution in [0.15, 0.2) is 56.7 Å². The molecular formula is C16H17BrN2O3S2. The SMILES string of the molecule is CSc1cccc(NC(=O)c2ccc(Br)c(S(=O)(=O)N(C)C)c2)c1. The molecule has 24 heavy (non-hydrogen) atoms. The summed E-state index contributed by atoms with van der Waals surface area (Å²) < 4.78 is 26.2. The van der Waals surface area contributed by atoms with Gasteiger partial charge in [-0.25, -0.2) is 12.7 Å². The number of anilines is 1. The van der Waals surface area contributed by atoms with Crippen molar-refractivity contribution in [3.8, 4) is 0 Å². The monoisotopic (exact) mass is 428 g/mol. The summed E-state index contributed by atoms with van der Waals surface area (Å²) in [4.78, 5) is 13.5. The molecular weight excluding hydrogens is 412 g/mol. The maximum Gasteiger partial charge on any atom is 0.255 e. The van der Waals surface area contributed by atoms with Crippen LogP contribution in [0.1, 0.15) is 10.4 Å². The van der Waals surface area contributed by atoms with Crippen molar-refractivity contribution in [2.75, 3.05) is 25.7 Å². The molecule has 0 heterocycles. The lowest BCUT2D eigenvalue weighted by atomic mass is 10.2. The van der Waals surface area contributed by atoms with Crippen LogP contribution < -0.4 is 5.32 Å². The normalized spacial score (nSPS) is 11.5. The average molecular weight is 429 g/mol. The maximum absolute atomic E-state index is 12.4. The highest BCUT2D eigenvalue weighted by Crippen LogP contribution is 2.26. The second-order valence-corrected chi connectivity index (χ2v) is 8.97. The number of hydrogen-bond donors (Lipinski definition) is 1. The van der Waals surface area contributed by atoms with Gasteiger partial charge in [0.15, 0.2) is 0 Å². The highest BCUT2D eigenvalue weighted by Gasteiger charge is 2.22. The van der Waals surface area contributed by atoms with Gasteiger partial charge in [0.1, 0.15) is 0 Å². The lowest BCUT2D eigenvalue weighted by Crippen LogP contribution is -2.23. The third-order valence-corrected chi connectivity index (χ3v) is 6.81. The van der Waals surface area contributed by atoms with E-state index in [-0.39, 0.29) is 16.4 Å². The Balaban J connectivity index is 2.34. The van der Waals surface area contributed by atoms with Crippen LogP contribution in [0.2, 0.25) is 0 Å². The number of carbonyl (C=O) groups is 1. The van der Waals surface area contributed by atoms with Crippen LogP contribution in [0.5, 0.6) is 0 Å². The Morgan fingerprint density at radius 2 is 1.88 bits per heavy atom. The molecule has 0 aromatic heterocycles. The Morgan fingerprint density at radius 3 is 2.50 bits per heavy atom. The molecule has 0 fully saturated rings. The second-order valence-electron chi connectivity index (χ2n) is 5.12. The summed E-state index contributed by atoms with van der Waals surface area (Å²) in [6, 6.07) is 11.9. The summed E-state index contributed by atoms with van der Waals surface area (Å²) >= 11 is 4.80. The van der Waals surface area contributed by atoms with Crippen molar-refractivity contribution in [3.63, 3.8) is 0 Å². The number of halogens is 1. The van der Waals surface area contributed by atoms with Gasteiger partial charge in [0, 0.05) is 34.7 Å². The van der Waals surface area contributed by atoms with E-state index >= 15 is 0 Å². The zero-order chi connectivity index (χ0) is 17.9. The van der Waals surface area contributed by atoms with Gasteiger partial charge in [-0.2, -0.15) is 0 Å². The number of nitrogens with one attached hydrogen (secondary N) is 1. The first-order valence-electron chi connectivity index (χ1n) is 6.93. The van der Waals surface area contributed by atoms with Gasteiger partial charge in [0.2, 0.25) is 10.0 Å². The summed E-state index contributed by atoms with van der Waals surface area (Å²) in [6.45, 7) is 0. The highest BCUT2D eigenvalue weighted by molar-refractivity contribution is 9.10. The van der Waals surface area contributed by atoms with Crippen molar-refractivity contribution < 1.29 is 13.2 Å². The first-order chi connectivity index (χ1) is 11.3. The van der Waals surface area contributed by atoms with Gasteiger partial charge in [0.25, 0.3) is 5.91 Å². The minimum Gasteiger partial charge on any atom is -0.322 e. The summed E-state index contributed by atoms with van der Waals surface area (Å²) in [7, 11) is -0.750. The first kappa shape index (κ1) is 19.0. The van der Waals surface area contributed by atoms with Gasteiger partial charge in [-0.3, -0.25) is 4.79 Å². The van der Waals surface area contributed by atoms with Crippen molar-refractivity contribution in [1.29, 1.82) is 0 Å². The van der Waals surface area contributed by atoms with Crippen molar-refractivity contribution in [3.05, 3.63) is 52.5 Å². The lowest BCUT2D eigenvalue weighted by molar-refractivity contribution is 0.102. The first-order valence-corrected chi connectivity index (χ1v) is 10.4. The van der Waals surface area contributed by atoms with Crippen LogP contribution >= 0.6 is 27.7 Å². The molecule has 0 aliphatic heterocycles. The van der Waals surface area contributed by atoms with Crippen molar-refractivity contribution in [2.24, 2.45) is 0 Å². The molecule has 5 nitrogen and oxygen atoms in total. The van der Waals surface area contributed by atoms with Gasteiger partial charge in [0.05, 0.1) is 4.90 Å². The zero-order valence-electron chi connectivity index (χ0n) is 13.4. The molecule has 0 unspecified atom stereocenters. The molecule has 8 heteroatoms. The minimum atomic E-state index is -3.64. The minimum absolute atomic E-state index is 0.0537. The number of rotatable bonds is 5. The fourth-order valence-electron chi connectivity index (χ4n) is 1.94. The van der Waals surface area contributed by atoms with E-state index in [0.29, 0.717) is 10.2 Å². The predicted octanol–water partition coefficient (Wildman–Crippen LogP) is 3.67. The molecule has 0 saturated carbocycles. The van der Waals surface area contributed by atoms with Crippen LogP contribution in [-0.2, 0) is 10.0 Å². The van der Waals surface area contributed by atoms with Crippen molar-refractivity contribution in [1.82, 2.24) is 4.31 Å². The number of nitrogens with zero attached hydrogens (tertiary/aromatic N) is 1. The average Bonchev–Trinajstić information content (AvgIpc) is 2.55. The van der Waals surface area contributed by atoms with Crippen molar-refractivity contribution in [2.45, 2.75) is 9.79 Å². The Morgan fingerprint density at radius 1 is 1.17 bits per heavy atom. The molecule has 2 aromatic carbocycles. The molecule has 0 radical (unpaired) electrons. The van der Waals surface area contributed by atoms with Crippen LogP contribution in [-0.4, -0.2) is 39.0 Å². The van der Waals surface area contributed by atoms with E-state index in [2.05, 4.69) is 21.2 Å². The van der Waals surface area contributed by atoms with Crippen LogP contribution in [0, 0.1) is 0 Å². The molecule has 1 amide bonds. The smallest absolute Gasteiger partial charge is 0.255 e. The van der Waals surface area contributed by atoms with Crippen LogP contribution in [0.4, 0.5) is 5.69 Å². The Kier molecular flexibility index (Phi) is 6.08. The molecule has 0 aliphatic carbocycles. The van der Waals surface area contributed by atoms with Crippen molar-refractivity contribution >= 4 is 49.3 Å². The zero-order valence-corrected chi connectivity index (χ0v) is 16.6. The predicted molar refractivity (Wildman–Crippen MR) is 101 cm³/mol. The topological polar surface area (TPSA) is 66.5 Å². The highest BCUT2D eigenvalue weighted by atomic mass is 79.9. The lowest BCUT2D eigenvalue weighted by Gasteiger charge is -2.14. The fraction of sp³-hybridized carbons (Fsp3) is 0.188. The van der Waals surface area contributed by atoms with Gasteiger partial charge in [-0.1, -0.05) is 6.07 Å². The van der Waals surface area contributed by atoms with Crippen LogP contribution in [0.3, 0.4) is 0 Å². The number of thioether (sulfide) groups is 1. The summed E-state index contributed by atoms with van der Waals surface area (Å²) in [5, 5.41) is 2.78. The summed E-state index contributed by atoms with van der Waals surface area (Å²) in [6.07, 6.45) is 1.95. The van der Waals surface area contributed by atoms with Gasteiger partial charge >= 0.3 is 0 Å². The molecule has 0 aliphatic rings. The summed E-state index contributed by atoms with van der Waals surface area (Å²) in [5.41, 5.74) is 0.931. The van der Waals surface area contributed by atoms with E-state index in [9.17, 15) is 13.2 Å². The Bertz CT molecular complexity index is 867. The third-order valence-electron chi connectivity index (χ3n) is 3.28. The molecule has 2 rings (SSSR count). The molecule has 2 aromatic rings. The van der Waals surface area contributed by atoms with E-state index in [0.717, 1.165) is 9.20 Å². The maximum atomic E-state index is 12.4. The van der Waals surface area contributed by atoms with E-state index in [1.165, 1.54) is 20.2 Å². The molecule has 0 spiro atoms. The third kappa shape index (κ3) is 4.18. The summed E-state index contributed by atoms with van der Waals surface area (Å²) in [5.74, 6) is -0.365. The van der Waals surface area contributed by atoms with E-state index in [4.69, 9.17) is 0 Å². The number of hydrogen-bond acceptors (Lipinski definition) is 4. The largest absolute Gasteiger partial charge is 0.322 e. The van der Waals surface area contributed by atoms with E-state index in [1.54, 1.807) is 30.0 Å². The number of carbonyl (C=O) groups excluding carboxylic acids is 1. The standard InChI is InChI=1S/C16H17BrN2O3S2/c1-19(2)24(21,22)15-9-11(7-8-14(15)17)16(20)18-12-5-4-6-13(10-12)23-3/h4-10H,1-3H3,(H,18,20). The molecule has 0 saturated heterocycles. The van der Waals surface area contributed by atoms with E-state index in [1.807, 2.05) is 24.5 Å². The second kappa shape index (κ2) is 7.69. The number of amides is 1. The Labute approximate surface area is 154 Å². The van der Waals surface area contributed by atoms with Crippen LogP contribution in [0.25, 0.3) is 0 Å². The molecule has 0 bridgehead atoms. The van der Waals surface area contributed by atoms with Gasteiger partial charge in [-0.05, 0) is 58.6 Å². The molecule has 128 valence electrons. The number of sulfonamides is 1. The Hall–Kier alpha value is -1.35. The quantitative estimate of drug-likeness (QED) is 0.737. The van der Waals surface area contributed by atoms with Gasteiger partial charge in [-0.15, -0.1) is 11.8 Å². The number of benzene rings is 2. The fourth-order valence-corrected chi connectivity index (χ4v) is 4.25. The van der Waals surface area contributed by atoms with E-state index < -0.39 is 10.0 Å².